The first kappa shape index (κ1) is 11.7. The molecule has 1 aromatic carbocycles. The van der Waals surface area contributed by atoms with Gasteiger partial charge in [-0.2, -0.15) is 0 Å². The predicted octanol–water partition coefficient (Wildman–Crippen LogP) is 2.94. The minimum absolute atomic E-state index is 0.0689. The normalized spacial score (nSPS) is 12.1. The van der Waals surface area contributed by atoms with E-state index in [1.54, 1.807) is 30.3 Å². The maximum Gasteiger partial charge on any atom is 0.261 e. The Kier molecular flexibility index (Phi) is 3.44. The molecule has 0 spiro atoms. The Morgan fingerprint density at radius 1 is 1.29 bits per heavy atom. The van der Waals surface area contributed by atoms with Crippen molar-refractivity contribution in [2.24, 2.45) is 0 Å². The highest BCUT2D eigenvalue weighted by Crippen LogP contribution is 2.17. The fraction of sp³-hybridized carbons (Fsp3) is 0.154. The van der Waals surface area contributed by atoms with Crippen LogP contribution in [-0.2, 0) is 0 Å². The molecule has 17 heavy (non-hydrogen) atoms. The molecule has 2 aromatic rings. The van der Waals surface area contributed by atoms with Gasteiger partial charge < -0.3 is 10.4 Å². The van der Waals surface area contributed by atoms with Crippen molar-refractivity contribution in [3.8, 4) is 5.75 Å². The van der Waals surface area contributed by atoms with Crippen molar-refractivity contribution in [1.82, 2.24) is 5.32 Å². The maximum absolute atomic E-state index is 11.8. The molecule has 0 unspecified atom stereocenters. The average Bonchev–Trinajstić information content (AvgIpc) is 2.83. The minimum atomic E-state index is -0.0785. The number of carbonyl (C=O) groups is 1. The fourth-order valence-electron chi connectivity index (χ4n) is 1.52. The van der Waals surface area contributed by atoms with Crippen molar-refractivity contribution in [3.05, 3.63) is 52.2 Å². The summed E-state index contributed by atoms with van der Waals surface area (Å²) in [5.41, 5.74) is 0.965. The van der Waals surface area contributed by atoms with E-state index >= 15 is 0 Å². The number of hydrogen-bond acceptors (Lipinski definition) is 3. The van der Waals surface area contributed by atoms with Gasteiger partial charge in [-0.3, -0.25) is 4.79 Å². The Bertz CT molecular complexity index is 491. The molecule has 1 amide bonds. The van der Waals surface area contributed by atoms with Crippen molar-refractivity contribution in [3.63, 3.8) is 0 Å². The highest BCUT2D eigenvalue weighted by molar-refractivity contribution is 7.12. The monoisotopic (exact) mass is 247 g/mol. The van der Waals surface area contributed by atoms with Gasteiger partial charge >= 0.3 is 0 Å². The van der Waals surface area contributed by atoms with Crippen molar-refractivity contribution >= 4 is 17.2 Å². The predicted molar refractivity (Wildman–Crippen MR) is 68.3 cm³/mol. The second kappa shape index (κ2) is 5.01. The zero-order valence-corrected chi connectivity index (χ0v) is 10.2. The van der Waals surface area contributed by atoms with Gasteiger partial charge in [0.1, 0.15) is 5.75 Å². The summed E-state index contributed by atoms with van der Waals surface area (Å²) in [4.78, 5) is 12.5. The zero-order valence-electron chi connectivity index (χ0n) is 9.38. The topological polar surface area (TPSA) is 49.3 Å². The van der Waals surface area contributed by atoms with Gasteiger partial charge in [0, 0.05) is 0 Å². The van der Waals surface area contributed by atoms with Crippen LogP contribution in [0.4, 0.5) is 0 Å². The third-order valence-electron chi connectivity index (χ3n) is 2.49. The highest BCUT2D eigenvalue weighted by Gasteiger charge is 2.11. The Morgan fingerprint density at radius 3 is 2.59 bits per heavy atom. The van der Waals surface area contributed by atoms with Gasteiger partial charge in [0.15, 0.2) is 0 Å². The minimum Gasteiger partial charge on any atom is -0.508 e. The van der Waals surface area contributed by atoms with Crippen LogP contribution in [0.2, 0.25) is 0 Å². The second-order valence-electron chi connectivity index (χ2n) is 3.76. The van der Waals surface area contributed by atoms with Gasteiger partial charge in [0.25, 0.3) is 5.91 Å². The zero-order chi connectivity index (χ0) is 12.3. The molecule has 4 heteroatoms. The van der Waals surface area contributed by atoms with Crippen LogP contribution in [0.15, 0.2) is 41.8 Å². The Labute approximate surface area is 104 Å². The maximum atomic E-state index is 11.8. The molecule has 0 saturated heterocycles. The van der Waals surface area contributed by atoms with Crippen LogP contribution in [-0.4, -0.2) is 11.0 Å². The molecule has 0 saturated carbocycles. The molecule has 1 aromatic heterocycles. The van der Waals surface area contributed by atoms with Gasteiger partial charge in [-0.25, -0.2) is 0 Å². The Morgan fingerprint density at radius 2 is 2.00 bits per heavy atom. The summed E-state index contributed by atoms with van der Waals surface area (Å²) < 4.78 is 0. The summed E-state index contributed by atoms with van der Waals surface area (Å²) in [6.45, 7) is 1.91. The first-order valence-corrected chi connectivity index (χ1v) is 6.18. The second-order valence-corrected chi connectivity index (χ2v) is 4.71. The van der Waals surface area contributed by atoms with Gasteiger partial charge in [-0.15, -0.1) is 11.3 Å². The Hall–Kier alpha value is -1.81. The van der Waals surface area contributed by atoms with Crippen molar-refractivity contribution in [2.45, 2.75) is 13.0 Å². The van der Waals surface area contributed by atoms with E-state index in [9.17, 15) is 9.90 Å². The summed E-state index contributed by atoms with van der Waals surface area (Å²) in [7, 11) is 0. The van der Waals surface area contributed by atoms with E-state index in [2.05, 4.69) is 5.32 Å². The van der Waals surface area contributed by atoms with Crippen LogP contribution in [0.25, 0.3) is 0 Å². The van der Waals surface area contributed by atoms with Crippen LogP contribution in [0, 0.1) is 0 Å². The van der Waals surface area contributed by atoms with Crippen LogP contribution < -0.4 is 5.32 Å². The quantitative estimate of drug-likeness (QED) is 0.876. The first-order valence-electron chi connectivity index (χ1n) is 5.30. The molecule has 2 N–H and O–H groups in total. The number of rotatable bonds is 3. The van der Waals surface area contributed by atoms with Gasteiger partial charge in [0.2, 0.25) is 0 Å². The summed E-state index contributed by atoms with van der Waals surface area (Å²) in [5, 5.41) is 14.0. The SMILES string of the molecule is C[C@@H](NC(=O)c1cccs1)c1ccc(O)cc1. The van der Waals surface area contributed by atoms with Crippen LogP contribution in [0.3, 0.4) is 0 Å². The lowest BCUT2D eigenvalue weighted by atomic mass is 10.1. The van der Waals surface area contributed by atoms with Gasteiger partial charge in [-0.05, 0) is 36.1 Å². The molecule has 0 radical (unpaired) electrons. The molecule has 0 bridgehead atoms. The highest BCUT2D eigenvalue weighted by atomic mass is 32.1. The van der Waals surface area contributed by atoms with E-state index in [4.69, 9.17) is 0 Å². The summed E-state index contributed by atoms with van der Waals surface area (Å²) in [6.07, 6.45) is 0. The third-order valence-corrected chi connectivity index (χ3v) is 3.35. The number of benzene rings is 1. The summed E-state index contributed by atoms with van der Waals surface area (Å²) in [5.74, 6) is 0.158. The van der Waals surface area contributed by atoms with E-state index in [0.29, 0.717) is 4.88 Å². The smallest absolute Gasteiger partial charge is 0.261 e. The lowest BCUT2D eigenvalue weighted by Crippen LogP contribution is -2.25. The molecule has 2 rings (SSSR count). The molecule has 1 heterocycles. The van der Waals surface area contributed by atoms with E-state index in [-0.39, 0.29) is 17.7 Å². The van der Waals surface area contributed by atoms with Crippen molar-refractivity contribution < 1.29 is 9.90 Å². The van der Waals surface area contributed by atoms with Gasteiger partial charge in [0.05, 0.1) is 10.9 Å². The van der Waals surface area contributed by atoms with E-state index in [0.717, 1.165) is 5.56 Å². The average molecular weight is 247 g/mol. The van der Waals surface area contributed by atoms with Crippen molar-refractivity contribution in [2.75, 3.05) is 0 Å². The Balaban J connectivity index is 2.04. The number of phenols is 1. The van der Waals surface area contributed by atoms with Crippen LogP contribution >= 0.6 is 11.3 Å². The largest absolute Gasteiger partial charge is 0.508 e. The number of aromatic hydroxyl groups is 1. The van der Waals surface area contributed by atoms with E-state index in [1.807, 2.05) is 18.4 Å². The molecular formula is C13H13NO2S. The number of hydrogen-bond donors (Lipinski definition) is 2. The van der Waals surface area contributed by atoms with Gasteiger partial charge in [-0.1, -0.05) is 18.2 Å². The number of amides is 1. The molecule has 0 aliphatic heterocycles. The standard InChI is InChI=1S/C13H13NO2S/c1-9(10-4-6-11(15)7-5-10)14-13(16)12-3-2-8-17-12/h2-9,15H,1H3,(H,14,16)/t9-/m1/s1. The number of nitrogens with one attached hydrogen (secondary N) is 1. The molecule has 3 nitrogen and oxygen atoms in total. The molecule has 0 aliphatic carbocycles. The van der Waals surface area contributed by atoms with Crippen LogP contribution in [0.1, 0.15) is 28.2 Å². The lowest BCUT2D eigenvalue weighted by Gasteiger charge is -2.13. The number of carbonyl (C=O) groups excluding carboxylic acids is 1. The summed E-state index contributed by atoms with van der Waals surface area (Å²) >= 11 is 1.42. The van der Waals surface area contributed by atoms with E-state index in [1.165, 1.54) is 11.3 Å². The third kappa shape index (κ3) is 2.85. The van der Waals surface area contributed by atoms with E-state index < -0.39 is 0 Å². The van der Waals surface area contributed by atoms with Crippen molar-refractivity contribution in [1.29, 1.82) is 0 Å². The fourth-order valence-corrected chi connectivity index (χ4v) is 2.15. The van der Waals surface area contributed by atoms with Crippen LogP contribution in [0.5, 0.6) is 5.75 Å². The lowest BCUT2D eigenvalue weighted by molar-refractivity contribution is 0.0944. The summed E-state index contributed by atoms with van der Waals surface area (Å²) in [6, 6.07) is 10.4. The molecular weight excluding hydrogens is 234 g/mol. The molecule has 1 atom stereocenters. The number of thiophene rings is 1. The molecule has 88 valence electrons. The first-order chi connectivity index (χ1) is 8.16. The number of phenolic OH excluding ortho intramolecular Hbond substituents is 1. The molecule has 0 fully saturated rings. The molecule has 0 aliphatic rings.